The highest BCUT2D eigenvalue weighted by atomic mass is 16.5. The second-order valence-electron chi connectivity index (χ2n) is 6.43. The molecule has 0 amide bonds. The first-order chi connectivity index (χ1) is 12.0. The topological polar surface area (TPSA) is 72.6 Å². The van der Waals surface area contributed by atoms with Crippen LogP contribution >= 0.6 is 0 Å². The van der Waals surface area contributed by atoms with Crippen LogP contribution in [0, 0.1) is 5.92 Å². The fourth-order valence-corrected chi connectivity index (χ4v) is 2.83. The van der Waals surface area contributed by atoms with Gasteiger partial charge in [-0.3, -0.25) is 0 Å². The van der Waals surface area contributed by atoms with Crippen LogP contribution in [-0.2, 0) is 15.9 Å². The van der Waals surface area contributed by atoms with E-state index < -0.39 is 12.1 Å². The van der Waals surface area contributed by atoms with Crippen LogP contribution in [0.3, 0.4) is 0 Å². The standard InChI is InChI=1S/C19H28N2O4/c1-12(2)16-18(24-4)21-17(19(20-16)25-5)15(22)11-8-13-6-9-14(23-3)10-7-13/h6-7,9-10,12,15-17,22H,8,11H2,1-5H3/t15-,16-,17+/m1/s1. The summed E-state index contributed by atoms with van der Waals surface area (Å²) in [5.74, 6) is 2.06. The second-order valence-corrected chi connectivity index (χ2v) is 6.43. The van der Waals surface area contributed by atoms with Crippen molar-refractivity contribution in [2.45, 2.75) is 44.9 Å². The number of methoxy groups -OCH3 is 3. The highest BCUT2D eigenvalue weighted by Crippen LogP contribution is 2.21. The first kappa shape index (κ1) is 19.2. The highest BCUT2D eigenvalue weighted by molar-refractivity contribution is 5.94. The second kappa shape index (κ2) is 8.85. The molecule has 0 unspecified atom stereocenters. The molecule has 0 saturated heterocycles. The van der Waals surface area contributed by atoms with E-state index in [2.05, 4.69) is 23.8 Å². The molecule has 0 bridgehead atoms. The number of hydrogen-bond acceptors (Lipinski definition) is 6. The summed E-state index contributed by atoms with van der Waals surface area (Å²) in [4.78, 5) is 9.16. The van der Waals surface area contributed by atoms with E-state index in [0.717, 1.165) is 17.7 Å². The van der Waals surface area contributed by atoms with Crippen molar-refractivity contribution in [3.63, 3.8) is 0 Å². The molecule has 0 aliphatic carbocycles. The number of aliphatic hydroxyl groups is 1. The molecule has 3 atom stereocenters. The lowest BCUT2D eigenvalue weighted by molar-refractivity contribution is 0.144. The molecule has 0 fully saturated rings. The van der Waals surface area contributed by atoms with Crippen LogP contribution in [0.15, 0.2) is 34.3 Å². The number of ether oxygens (including phenoxy) is 3. The third kappa shape index (κ3) is 4.72. The van der Waals surface area contributed by atoms with Gasteiger partial charge >= 0.3 is 0 Å². The SMILES string of the molecule is COC1=N[C@H](C(C)C)C(OC)=N[C@H]1[C@H](O)CCc1ccc(OC)cc1. The molecular formula is C19H28N2O4. The Kier molecular flexibility index (Phi) is 6.82. The van der Waals surface area contributed by atoms with Gasteiger partial charge in [-0.15, -0.1) is 0 Å². The molecule has 1 aliphatic heterocycles. The van der Waals surface area contributed by atoms with Crippen LogP contribution in [0.4, 0.5) is 0 Å². The van der Waals surface area contributed by atoms with Gasteiger partial charge in [0.05, 0.1) is 27.4 Å². The molecule has 0 saturated carbocycles. The van der Waals surface area contributed by atoms with Gasteiger partial charge in [0.2, 0.25) is 11.8 Å². The van der Waals surface area contributed by atoms with E-state index in [0.29, 0.717) is 18.2 Å². The average Bonchev–Trinajstić information content (AvgIpc) is 2.65. The molecule has 2 rings (SSSR count). The van der Waals surface area contributed by atoms with E-state index in [4.69, 9.17) is 14.2 Å². The van der Waals surface area contributed by atoms with Crippen LogP contribution in [0.25, 0.3) is 0 Å². The van der Waals surface area contributed by atoms with E-state index in [9.17, 15) is 5.11 Å². The summed E-state index contributed by atoms with van der Waals surface area (Å²) in [6.07, 6.45) is 0.579. The number of benzene rings is 1. The third-order valence-electron chi connectivity index (χ3n) is 4.34. The zero-order valence-electron chi connectivity index (χ0n) is 15.6. The van der Waals surface area contributed by atoms with Crippen molar-refractivity contribution in [2.24, 2.45) is 15.9 Å². The first-order valence-electron chi connectivity index (χ1n) is 8.54. The normalized spacial score (nSPS) is 21.4. The molecule has 1 N–H and O–H groups in total. The van der Waals surface area contributed by atoms with Crippen molar-refractivity contribution in [1.29, 1.82) is 0 Å². The van der Waals surface area contributed by atoms with E-state index in [1.807, 2.05) is 24.3 Å². The minimum Gasteiger partial charge on any atom is -0.497 e. The quantitative estimate of drug-likeness (QED) is 0.857. The van der Waals surface area contributed by atoms with Crippen molar-refractivity contribution in [3.05, 3.63) is 29.8 Å². The number of aliphatic hydroxyl groups excluding tert-OH is 1. The van der Waals surface area contributed by atoms with Gasteiger partial charge in [0, 0.05) is 0 Å². The van der Waals surface area contributed by atoms with Crippen molar-refractivity contribution in [2.75, 3.05) is 21.3 Å². The van der Waals surface area contributed by atoms with E-state index in [-0.39, 0.29) is 12.0 Å². The van der Waals surface area contributed by atoms with Gasteiger partial charge in [-0.05, 0) is 36.5 Å². The van der Waals surface area contributed by atoms with E-state index >= 15 is 0 Å². The van der Waals surface area contributed by atoms with E-state index in [1.54, 1.807) is 21.3 Å². The molecule has 0 aromatic heterocycles. The Morgan fingerprint density at radius 3 is 2.00 bits per heavy atom. The maximum atomic E-state index is 10.6. The lowest BCUT2D eigenvalue weighted by Crippen LogP contribution is -2.43. The molecule has 1 aromatic carbocycles. The monoisotopic (exact) mass is 348 g/mol. The van der Waals surface area contributed by atoms with Gasteiger partial charge < -0.3 is 19.3 Å². The number of aryl methyl sites for hydroxylation is 1. The number of rotatable bonds is 6. The minimum absolute atomic E-state index is 0.176. The predicted octanol–water partition coefficient (Wildman–Crippen LogP) is 2.49. The Bertz CT molecular complexity index is 610. The highest BCUT2D eigenvalue weighted by Gasteiger charge is 2.34. The van der Waals surface area contributed by atoms with Crippen molar-refractivity contribution in [1.82, 2.24) is 0 Å². The molecule has 0 radical (unpaired) electrons. The van der Waals surface area contributed by atoms with Crippen LogP contribution in [0.5, 0.6) is 5.75 Å². The van der Waals surface area contributed by atoms with Crippen molar-refractivity contribution in [3.8, 4) is 5.75 Å². The van der Waals surface area contributed by atoms with E-state index in [1.165, 1.54) is 0 Å². The Hall–Kier alpha value is -2.08. The Labute approximate surface area is 149 Å². The first-order valence-corrected chi connectivity index (χ1v) is 8.54. The summed E-state index contributed by atoms with van der Waals surface area (Å²) in [7, 11) is 4.79. The average molecular weight is 348 g/mol. The van der Waals surface area contributed by atoms with Gasteiger partial charge in [0.1, 0.15) is 11.8 Å². The Morgan fingerprint density at radius 2 is 1.48 bits per heavy atom. The van der Waals surface area contributed by atoms with Gasteiger partial charge in [0.15, 0.2) is 6.04 Å². The van der Waals surface area contributed by atoms with Gasteiger partial charge in [-0.1, -0.05) is 26.0 Å². The number of hydrogen-bond donors (Lipinski definition) is 1. The smallest absolute Gasteiger partial charge is 0.212 e. The molecule has 6 heteroatoms. The number of nitrogens with zero attached hydrogens (tertiary/aromatic N) is 2. The summed E-state index contributed by atoms with van der Waals surface area (Å²) >= 11 is 0. The molecule has 1 aromatic rings. The maximum absolute atomic E-state index is 10.6. The van der Waals surface area contributed by atoms with Crippen LogP contribution in [0.1, 0.15) is 25.8 Å². The third-order valence-corrected chi connectivity index (χ3v) is 4.34. The largest absolute Gasteiger partial charge is 0.497 e. The van der Waals surface area contributed by atoms with Gasteiger partial charge in [-0.2, -0.15) is 0 Å². The Balaban J connectivity index is 2.06. The molecular weight excluding hydrogens is 320 g/mol. The Morgan fingerprint density at radius 1 is 0.920 bits per heavy atom. The summed E-state index contributed by atoms with van der Waals surface area (Å²) in [5.41, 5.74) is 1.13. The fourth-order valence-electron chi connectivity index (χ4n) is 2.83. The minimum atomic E-state index is -0.695. The molecule has 138 valence electrons. The zero-order chi connectivity index (χ0) is 18.4. The van der Waals surface area contributed by atoms with Crippen molar-refractivity contribution >= 4 is 11.8 Å². The molecule has 1 aliphatic rings. The summed E-state index contributed by atoms with van der Waals surface area (Å²) in [5, 5.41) is 10.6. The number of aliphatic imine (C=N–C) groups is 2. The van der Waals surface area contributed by atoms with Crippen LogP contribution in [0.2, 0.25) is 0 Å². The molecule has 6 nitrogen and oxygen atoms in total. The summed E-state index contributed by atoms with van der Waals surface area (Å²) in [6, 6.07) is 7.11. The predicted molar refractivity (Wildman–Crippen MR) is 98.6 cm³/mol. The summed E-state index contributed by atoms with van der Waals surface area (Å²) < 4.78 is 15.9. The lowest BCUT2D eigenvalue weighted by atomic mass is 9.98. The zero-order valence-corrected chi connectivity index (χ0v) is 15.6. The van der Waals surface area contributed by atoms with Crippen molar-refractivity contribution < 1.29 is 19.3 Å². The van der Waals surface area contributed by atoms with Crippen LogP contribution < -0.4 is 4.74 Å². The molecule has 25 heavy (non-hydrogen) atoms. The van der Waals surface area contributed by atoms with Crippen LogP contribution in [-0.4, -0.2) is 56.4 Å². The van der Waals surface area contributed by atoms with Gasteiger partial charge in [0.25, 0.3) is 0 Å². The molecule has 0 spiro atoms. The van der Waals surface area contributed by atoms with Gasteiger partial charge in [-0.25, -0.2) is 9.98 Å². The summed E-state index contributed by atoms with van der Waals surface area (Å²) in [6.45, 7) is 4.10. The molecule has 1 heterocycles. The fraction of sp³-hybridized carbons (Fsp3) is 0.579. The maximum Gasteiger partial charge on any atom is 0.212 e. The lowest BCUT2D eigenvalue weighted by Gasteiger charge is -2.29.